The maximum absolute atomic E-state index is 13.5. The maximum Gasteiger partial charge on any atom is 0.243 e. The lowest BCUT2D eigenvalue weighted by atomic mass is 10.2. The van der Waals surface area contributed by atoms with E-state index in [0.29, 0.717) is 20.3 Å². The molecule has 1 atom stereocenters. The molecule has 0 aliphatic rings. The van der Waals surface area contributed by atoms with E-state index in [4.69, 9.17) is 12.2 Å². The first kappa shape index (κ1) is 15.2. The maximum atomic E-state index is 13.5. The van der Waals surface area contributed by atoms with Crippen molar-refractivity contribution in [1.82, 2.24) is 14.9 Å². The van der Waals surface area contributed by atoms with Crippen LogP contribution < -0.4 is 5.32 Å². The Hall–Kier alpha value is -1.21. The molecule has 20 heavy (non-hydrogen) atoms. The van der Waals surface area contributed by atoms with Crippen LogP contribution in [0, 0.1) is 10.6 Å². The second-order valence-electron chi connectivity index (χ2n) is 4.92. The molecule has 1 unspecified atom stereocenters. The number of halogens is 2. The summed E-state index contributed by atoms with van der Waals surface area (Å²) in [5.41, 5.74) is 1.26. The van der Waals surface area contributed by atoms with Gasteiger partial charge in [-0.2, -0.15) is 0 Å². The molecule has 2 rings (SSSR count). The number of H-pyrrole nitrogens is 1. The highest BCUT2D eigenvalue weighted by molar-refractivity contribution is 9.10. The van der Waals surface area contributed by atoms with Crippen molar-refractivity contribution >= 4 is 45.1 Å². The number of rotatable bonds is 3. The van der Waals surface area contributed by atoms with E-state index in [-0.39, 0.29) is 17.8 Å². The highest BCUT2D eigenvalue weighted by Crippen LogP contribution is 2.25. The van der Waals surface area contributed by atoms with E-state index in [9.17, 15) is 9.18 Å². The Morgan fingerprint density at radius 3 is 2.70 bits per heavy atom. The van der Waals surface area contributed by atoms with E-state index in [1.54, 1.807) is 17.6 Å². The van der Waals surface area contributed by atoms with Gasteiger partial charge in [0.15, 0.2) is 4.77 Å². The summed E-state index contributed by atoms with van der Waals surface area (Å²) < 4.78 is 15.9. The molecule has 1 heterocycles. The molecule has 4 nitrogen and oxygen atoms in total. The number of nitrogens with one attached hydrogen (secondary N) is 2. The smallest absolute Gasteiger partial charge is 0.243 e. The number of benzene rings is 1. The van der Waals surface area contributed by atoms with Crippen molar-refractivity contribution in [1.29, 1.82) is 0 Å². The zero-order valence-electron chi connectivity index (χ0n) is 11.3. The Morgan fingerprint density at radius 1 is 1.45 bits per heavy atom. The summed E-state index contributed by atoms with van der Waals surface area (Å²) >= 11 is 8.39. The topological polar surface area (TPSA) is 49.8 Å². The molecule has 7 heteroatoms. The first-order chi connectivity index (χ1) is 9.31. The van der Waals surface area contributed by atoms with Crippen molar-refractivity contribution in [3.8, 4) is 0 Å². The number of hydrogen-bond acceptors (Lipinski definition) is 2. The fourth-order valence-corrected chi connectivity index (χ4v) is 2.73. The minimum atomic E-state index is -0.476. The number of nitrogens with zero attached hydrogens (tertiary/aromatic N) is 1. The summed E-state index contributed by atoms with van der Waals surface area (Å²) in [4.78, 5) is 15.0. The molecule has 0 saturated heterocycles. The quantitative estimate of drug-likeness (QED) is 0.821. The molecule has 1 aromatic carbocycles. The summed E-state index contributed by atoms with van der Waals surface area (Å²) in [6, 6.07) is 2.55. The van der Waals surface area contributed by atoms with Gasteiger partial charge in [-0.3, -0.25) is 4.79 Å². The van der Waals surface area contributed by atoms with Crippen molar-refractivity contribution in [2.24, 2.45) is 0 Å². The molecular weight excluding hydrogens is 345 g/mol. The highest BCUT2D eigenvalue weighted by atomic mass is 79.9. The van der Waals surface area contributed by atoms with Crippen LogP contribution in [-0.4, -0.2) is 21.5 Å². The van der Waals surface area contributed by atoms with Crippen molar-refractivity contribution in [2.45, 2.75) is 32.9 Å². The Labute approximate surface area is 129 Å². The normalized spacial score (nSPS) is 12.9. The SMILES string of the molecule is CC(C)NC(=O)C(C)n1c(=S)[nH]c2cc(F)c(Br)cc21. The van der Waals surface area contributed by atoms with Gasteiger partial charge in [0, 0.05) is 12.1 Å². The van der Waals surface area contributed by atoms with E-state index < -0.39 is 6.04 Å². The summed E-state index contributed by atoms with van der Waals surface area (Å²) in [6.45, 7) is 5.55. The molecular formula is C13H15BrFN3OS. The number of fused-ring (bicyclic) bond motifs is 1. The van der Waals surface area contributed by atoms with Crippen LogP contribution in [-0.2, 0) is 4.79 Å². The van der Waals surface area contributed by atoms with Crippen LogP contribution in [0.1, 0.15) is 26.8 Å². The van der Waals surface area contributed by atoms with Gasteiger partial charge in [0.1, 0.15) is 11.9 Å². The minimum absolute atomic E-state index is 0.0495. The zero-order chi connectivity index (χ0) is 15.0. The van der Waals surface area contributed by atoms with Crippen LogP contribution in [0.3, 0.4) is 0 Å². The summed E-state index contributed by atoms with van der Waals surface area (Å²) in [5, 5.41) is 2.84. The molecule has 0 aliphatic heterocycles. The standard InChI is InChI=1S/C13H15BrFN3OS/c1-6(2)16-12(19)7(3)18-11-4-8(14)9(15)5-10(11)17-13(18)20/h4-7H,1-3H3,(H,16,19)(H,17,20). The van der Waals surface area contributed by atoms with Gasteiger partial charge in [0.05, 0.1) is 15.5 Å². The number of aromatic amines is 1. The van der Waals surface area contributed by atoms with E-state index in [1.807, 2.05) is 13.8 Å². The molecule has 0 fully saturated rings. The minimum Gasteiger partial charge on any atom is -0.352 e. The van der Waals surface area contributed by atoms with Crippen LogP contribution in [0.2, 0.25) is 0 Å². The third kappa shape index (κ3) is 2.78. The number of aromatic nitrogens is 2. The van der Waals surface area contributed by atoms with Crippen LogP contribution in [0.5, 0.6) is 0 Å². The van der Waals surface area contributed by atoms with Crippen LogP contribution >= 0.6 is 28.1 Å². The van der Waals surface area contributed by atoms with E-state index >= 15 is 0 Å². The first-order valence-electron chi connectivity index (χ1n) is 6.21. The molecule has 108 valence electrons. The van der Waals surface area contributed by atoms with Gasteiger partial charge in [-0.15, -0.1) is 0 Å². The van der Waals surface area contributed by atoms with Gasteiger partial charge >= 0.3 is 0 Å². The summed E-state index contributed by atoms with van der Waals surface area (Å²) in [7, 11) is 0. The van der Waals surface area contributed by atoms with Crippen LogP contribution in [0.15, 0.2) is 16.6 Å². The van der Waals surface area contributed by atoms with Gasteiger partial charge in [-0.1, -0.05) is 0 Å². The monoisotopic (exact) mass is 359 g/mol. The number of hydrogen-bond donors (Lipinski definition) is 2. The molecule has 1 aromatic heterocycles. The van der Waals surface area contributed by atoms with Gasteiger partial charge in [0.25, 0.3) is 0 Å². The third-order valence-corrected chi connectivity index (χ3v) is 3.86. The molecule has 2 aromatic rings. The highest BCUT2D eigenvalue weighted by Gasteiger charge is 2.19. The van der Waals surface area contributed by atoms with Gasteiger partial charge < -0.3 is 14.9 Å². The van der Waals surface area contributed by atoms with Crippen molar-refractivity contribution in [2.75, 3.05) is 0 Å². The Balaban J connectivity index is 2.54. The van der Waals surface area contributed by atoms with Crippen molar-refractivity contribution < 1.29 is 9.18 Å². The molecule has 2 N–H and O–H groups in total. The second kappa shape index (κ2) is 5.65. The number of carbonyl (C=O) groups excluding carboxylic acids is 1. The van der Waals surface area contributed by atoms with Crippen molar-refractivity contribution in [3.63, 3.8) is 0 Å². The van der Waals surface area contributed by atoms with Gasteiger partial charge in [-0.25, -0.2) is 4.39 Å². The molecule has 0 spiro atoms. The van der Waals surface area contributed by atoms with E-state index in [0.717, 1.165) is 0 Å². The molecule has 0 radical (unpaired) electrons. The molecule has 1 amide bonds. The lowest BCUT2D eigenvalue weighted by Gasteiger charge is -2.16. The predicted octanol–water partition coefficient (Wildman–Crippen LogP) is 3.69. The molecule has 0 bridgehead atoms. The number of carbonyl (C=O) groups is 1. The lowest BCUT2D eigenvalue weighted by molar-refractivity contribution is -0.124. The number of imidazole rings is 1. The fraction of sp³-hybridized carbons (Fsp3) is 0.385. The van der Waals surface area contributed by atoms with Gasteiger partial charge in [0.2, 0.25) is 5.91 Å². The Morgan fingerprint density at radius 2 is 2.10 bits per heavy atom. The third-order valence-electron chi connectivity index (χ3n) is 2.96. The second-order valence-corrected chi connectivity index (χ2v) is 6.16. The lowest BCUT2D eigenvalue weighted by Crippen LogP contribution is -2.35. The Bertz CT molecular complexity index is 722. The average molecular weight is 360 g/mol. The van der Waals surface area contributed by atoms with E-state index in [2.05, 4.69) is 26.2 Å². The van der Waals surface area contributed by atoms with Crippen LogP contribution in [0.25, 0.3) is 11.0 Å². The summed E-state index contributed by atoms with van der Waals surface area (Å²) in [6.07, 6.45) is 0. The molecule has 0 aliphatic carbocycles. The Kier molecular flexibility index (Phi) is 4.29. The number of amides is 1. The van der Waals surface area contributed by atoms with Crippen LogP contribution in [0.4, 0.5) is 4.39 Å². The van der Waals surface area contributed by atoms with Crippen molar-refractivity contribution in [3.05, 3.63) is 27.2 Å². The first-order valence-corrected chi connectivity index (χ1v) is 7.41. The molecule has 0 saturated carbocycles. The fourth-order valence-electron chi connectivity index (χ4n) is 2.03. The summed E-state index contributed by atoms with van der Waals surface area (Å²) in [5.74, 6) is -0.502. The average Bonchev–Trinajstić information content (AvgIpc) is 2.63. The largest absolute Gasteiger partial charge is 0.352 e. The van der Waals surface area contributed by atoms with E-state index in [1.165, 1.54) is 6.07 Å². The van der Waals surface area contributed by atoms with Gasteiger partial charge in [-0.05, 0) is 55.0 Å². The zero-order valence-corrected chi connectivity index (χ0v) is 13.7. The predicted molar refractivity (Wildman–Crippen MR) is 82.8 cm³/mol.